The van der Waals surface area contributed by atoms with Gasteiger partial charge >= 0.3 is 0 Å². The highest BCUT2D eigenvalue weighted by Crippen LogP contribution is 2.27. The molecule has 0 radical (unpaired) electrons. The van der Waals surface area contributed by atoms with Crippen molar-refractivity contribution < 1.29 is 0 Å². The fourth-order valence-electron chi connectivity index (χ4n) is 1.35. The summed E-state index contributed by atoms with van der Waals surface area (Å²) in [4.78, 5) is 8.65. The van der Waals surface area contributed by atoms with Crippen molar-refractivity contribution in [2.24, 2.45) is 0 Å². The molecule has 0 saturated carbocycles. The second kappa shape index (κ2) is 4.53. The predicted octanol–water partition coefficient (Wildman–Crippen LogP) is 3.72. The Morgan fingerprint density at radius 3 is 2.73 bits per heavy atom. The molecule has 2 heterocycles. The van der Waals surface area contributed by atoms with Crippen LogP contribution in [0.4, 0.5) is 0 Å². The lowest BCUT2D eigenvalue weighted by molar-refractivity contribution is 0.714. The van der Waals surface area contributed by atoms with E-state index in [2.05, 4.69) is 29.2 Å². The van der Waals surface area contributed by atoms with E-state index in [1.807, 2.05) is 12.1 Å². The Hall–Kier alpha value is -1.22. The second-order valence-corrected chi connectivity index (χ2v) is 4.48. The first-order valence-electron chi connectivity index (χ1n) is 5.17. The smallest absolute Gasteiger partial charge is 0.123 e. The molecule has 0 amide bonds. The molecular weight excluding hydrogens is 204 g/mol. The van der Waals surface area contributed by atoms with E-state index >= 15 is 0 Å². The molecule has 1 atom stereocenters. The molecule has 1 unspecified atom stereocenters. The fourth-order valence-corrected chi connectivity index (χ4v) is 2.30. The molecule has 2 aromatic heterocycles. The molecule has 0 aromatic carbocycles. The van der Waals surface area contributed by atoms with E-state index in [9.17, 15) is 0 Å². The van der Waals surface area contributed by atoms with Crippen molar-refractivity contribution in [3.63, 3.8) is 0 Å². The van der Waals surface area contributed by atoms with E-state index in [4.69, 9.17) is 0 Å². The third kappa shape index (κ3) is 2.23. The topological polar surface area (TPSA) is 25.8 Å². The minimum Gasteiger partial charge on any atom is -0.265 e. The molecule has 0 fully saturated rings. The summed E-state index contributed by atoms with van der Waals surface area (Å²) < 4.78 is 0. The highest BCUT2D eigenvalue weighted by atomic mass is 32.1. The monoisotopic (exact) mass is 218 g/mol. The molecule has 2 nitrogen and oxygen atoms in total. The minimum absolute atomic E-state index is 0.553. The van der Waals surface area contributed by atoms with Gasteiger partial charge in [0.2, 0.25) is 0 Å². The lowest BCUT2D eigenvalue weighted by Gasteiger charge is -2.02. The summed E-state index contributed by atoms with van der Waals surface area (Å²) in [5.41, 5.74) is 2.36. The Labute approximate surface area is 94.0 Å². The van der Waals surface area contributed by atoms with Gasteiger partial charge in [-0.3, -0.25) is 4.98 Å². The van der Waals surface area contributed by atoms with E-state index in [1.165, 1.54) is 5.69 Å². The van der Waals surface area contributed by atoms with Crippen LogP contribution >= 0.6 is 11.3 Å². The van der Waals surface area contributed by atoms with Crippen LogP contribution in [0.3, 0.4) is 0 Å². The Balaban J connectivity index is 2.28. The molecule has 3 heteroatoms. The summed E-state index contributed by atoms with van der Waals surface area (Å²) in [5.74, 6) is 0.553. The van der Waals surface area contributed by atoms with Crippen molar-refractivity contribution >= 4 is 11.3 Å². The van der Waals surface area contributed by atoms with Gasteiger partial charge in [-0.1, -0.05) is 13.8 Å². The average Bonchev–Trinajstić information content (AvgIpc) is 2.78. The van der Waals surface area contributed by atoms with Crippen LogP contribution in [0.15, 0.2) is 29.9 Å². The van der Waals surface area contributed by atoms with Crippen molar-refractivity contribution in [1.29, 1.82) is 0 Å². The van der Waals surface area contributed by atoms with Crippen LogP contribution in [0.2, 0.25) is 0 Å². The van der Waals surface area contributed by atoms with E-state index in [-0.39, 0.29) is 0 Å². The van der Waals surface area contributed by atoms with Crippen molar-refractivity contribution in [3.05, 3.63) is 35.6 Å². The maximum atomic E-state index is 4.64. The van der Waals surface area contributed by atoms with Gasteiger partial charge in [0, 0.05) is 23.3 Å². The number of pyridine rings is 1. The number of nitrogens with zero attached hydrogens (tertiary/aromatic N) is 2. The quantitative estimate of drug-likeness (QED) is 0.784. The standard InChI is InChI=1S/C12H14N2S/c1-3-9(2)11-8-15-12(14-11)10-4-6-13-7-5-10/h4-9H,3H2,1-2H3. The van der Waals surface area contributed by atoms with Gasteiger partial charge in [-0.25, -0.2) is 4.98 Å². The van der Waals surface area contributed by atoms with Crippen LogP contribution < -0.4 is 0 Å². The molecule has 0 bridgehead atoms. The van der Waals surface area contributed by atoms with Gasteiger partial charge in [0.25, 0.3) is 0 Å². The van der Waals surface area contributed by atoms with Crippen LogP contribution in [0.1, 0.15) is 31.9 Å². The average molecular weight is 218 g/mol. The summed E-state index contributed by atoms with van der Waals surface area (Å²) in [6.07, 6.45) is 4.75. The molecule has 78 valence electrons. The van der Waals surface area contributed by atoms with E-state index in [1.54, 1.807) is 23.7 Å². The molecule has 0 N–H and O–H groups in total. The van der Waals surface area contributed by atoms with Crippen LogP contribution in [-0.4, -0.2) is 9.97 Å². The molecular formula is C12H14N2S. The molecule has 0 spiro atoms. The lowest BCUT2D eigenvalue weighted by atomic mass is 10.1. The summed E-state index contributed by atoms with van der Waals surface area (Å²) in [6, 6.07) is 4.00. The van der Waals surface area contributed by atoms with Gasteiger partial charge < -0.3 is 0 Å². The zero-order chi connectivity index (χ0) is 10.7. The largest absolute Gasteiger partial charge is 0.265 e. The van der Waals surface area contributed by atoms with Crippen molar-refractivity contribution in [3.8, 4) is 10.6 Å². The van der Waals surface area contributed by atoms with E-state index in [0.29, 0.717) is 5.92 Å². The summed E-state index contributed by atoms with van der Waals surface area (Å²) >= 11 is 1.71. The highest BCUT2D eigenvalue weighted by molar-refractivity contribution is 7.13. The molecule has 0 aliphatic heterocycles. The molecule has 15 heavy (non-hydrogen) atoms. The fraction of sp³-hybridized carbons (Fsp3) is 0.333. The first-order chi connectivity index (χ1) is 7.31. The number of thiazole rings is 1. The SMILES string of the molecule is CCC(C)c1csc(-c2ccncc2)n1. The van der Waals surface area contributed by atoms with Gasteiger partial charge in [0.15, 0.2) is 0 Å². The lowest BCUT2D eigenvalue weighted by Crippen LogP contribution is -1.90. The molecule has 0 saturated heterocycles. The van der Waals surface area contributed by atoms with Gasteiger partial charge in [0.1, 0.15) is 5.01 Å². The molecule has 0 aliphatic carbocycles. The van der Waals surface area contributed by atoms with Gasteiger partial charge in [-0.15, -0.1) is 11.3 Å². The number of rotatable bonds is 3. The van der Waals surface area contributed by atoms with Crippen molar-refractivity contribution in [2.75, 3.05) is 0 Å². The molecule has 2 aromatic rings. The minimum atomic E-state index is 0.553. The summed E-state index contributed by atoms with van der Waals surface area (Å²) in [6.45, 7) is 4.40. The van der Waals surface area contributed by atoms with Crippen LogP contribution in [0.5, 0.6) is 0 Å². The molecule has 0 aliphatic rings. The maximum Gasteiger partial charge on any atom is 0.123 e. The Morgan fingerprint density at radius 1 is 1.33 bits per heavy atom. The van der Waals surface area contributed by atoms with Gasteiger partial charge in [-0.05, 0) is 24.5 Å². The Kier molecular flexibility index (Phi) is 3.11. The Morgan fingerprint density at radius 2 is 2.07 bits per heavy atom. The number of aromatic nitrogens is 2. The summed E-state index contributed by atoms with van der Waals surface area (Å²) in [5, 5.41) is 3.25. The zero-order valence-corrected chi connectivity index (χ0v) is 9.79. The second-order valence-electron chi connectivity index (χ2n) is 3.62. The zero-order valence-electron chi connectivity index (χ0n) is 8.97. The number of hydrogen-bond acceptors (Lipinski definition) is 3. The van der Waals surface area contributed by atoms with E-state index in [0.717, 1.165) is 17.0 Å². The third-order valence-corrected chi connectivity index (χ3v) is 3.48. The van der Waals surface area contributed by atoms with Gasteiger partial charge in [-0.2, -0.15) is 0 Å². The van der Waals surface area contributed by atoms with Gasteiger partial charge in [0.05, 0.1) is 5.69 Å². The highest BCUT2D eigenvalue weighted by Gasteiger charge is 2.08. The third-order valence-electron chi connectivity index (χ3n) is 2.57. The summed E-state index contributed by atoms with van der Waals surface area (Å²) in [7, 11) is 0. The van der Waals surface area contributed by atoms with Crippen LogP contribution in [-0.2, 0) is 0 Å². The normalized spacial score (nSPS) is 12.7. The van der Waals surface area contributed by atoms with E-state index < -0.39 is 0 Å². The van der Waals surface area contributed by atoms with Crippen LogP contribution in [0.25, 0.3) is 10.6 Å². The first kappa shape index (κ1) is 10.3. The first-order valence-corrected chi connectivity index (χ1v) is 6.05. The van der Waals surface area contributed by atoms with Crippen molar-refractivity contribution in [2.45, 2.75) is 26.2 Å². The van der Waals surface area contributed by atoms with Crippen molar-refractivity contribution in [1.82, 2.24) is 9.97 Å². The Bertz CT molecular complexity index is 422. The molecule has 2 rings (SSSR count). The maximum absolute atomic E-state index is 4.64. The predicted molar refractivity (Wildman–Crippen MR) is 64.1 cm³/mol. The van der Waals surface area contributed by atoms with Crippen LogP contribution in [0, 0.1) is 0 Å². The number of hydrogen-bond donors (Lipinski definition) is 0.